The first kappa shape index (κ1) is 14.7. The maximum atomic E-state index is 11.6. The Balaban J connectivity index is 0.00000196. The van der Waals surface area contributed by atoms with Gasteiger partial charge in [-0.05, 0) is 33.1 Å². The standard InChI is InChI=1S/C10H20N2O2.ClH/c1-10(2,11)7-12-9(13)8-5-3-4-6-14-8;/h8H,3-7,11H2,1-2H3,(H,12,13);1H. The highest BCUT2D eigenvalue weighted by atomic mass is 35.5. The molecule has 15 heavy (non-hydrogen) atoms. The monoisotopic (exact) mass is 236 g/mol. The lowest BCUT2D eigenvalue weighted by Crippen LogP contribution is -2.48. The van der Waals surface area contributed by atoms with Crippen molar-refractivity contribution in [3.8, 4) is 0 Å². The van der Waals surface area contributed by atoms with E-state index >= 15 is 0 Å². The van der Waals surface area contributed by atoms with Gasteiger partial charge in [0.1, 0.15) is 6.10 Å². The second-order valence-electron chi connectivity index (χ2n) is 4.56. The van der Waals surface area contributed by atoms with Crippen molar-refractivity contribution in [2.24, 2.45) is 5.73 Å². The van der Waals surface area contributed by atoms with Gasteiger partial charge in [0, 0.05) is 18.7 Å². The molecule has 4 nitrogen and oxygen atoms in total. The second kappa shape index (κ2) is 6.30. The Bertz CT molecular complexity index is 198. The largest absolute Gasteiger partial charge is 0.368 e. The fraction of sp³-hybridized carbons (Fsp3) is 0.900. The maximum Gasteiger partial charge on any atom is 0.249 e. The van der Waals surface area contributed by atoms with Crippen molar-refractivity contribution in [2.75, 3.05) is 13.2 Å². The topological polar surface area (TPSA) is 64.3 Å². The van der Waals surface area contributed by atoms with Gasteiger partial charge in [0.25, 0.3) is 0 Å². The first-order chi connectivity index (χ1) is 6.49. The minimum atomic E-state index is -0.357. The number of amides is 1. The quantitative estimate of drug-likeness (QED) is 0.763. The van der Waals surface area contributed by atoms with Gasteiger partial charge in [-0.2, -0.15) is 0 Å². The summed E-state index contributed by atoms with van der Waals surface area (Å²) in [5, 5.41) is 2.80. The summed E-state index contributed by atoms with van der Waals surface area (Å²) < 4.78 is 5.35. The summed E-state index contributed by atoms with van der Waals surface area (Å²) in [4.78, 5) is 11.6. The molecule has 1 fully saturated rings. The van der Waals surface area contributed by atoms with E-state index in [1.165, 1.54) is 0 Å². The van der Waals surface area contributed by atoms with Crippen molar-refractivity contribution in [3.05, 3.63) is 0 Å². The Morgan fingerprint density at radius 3 is 2.67 bits per heavy atom. The average Bonchev–Trinajstić information content (AvgIpc) is 2.14. The molecule has 0 aliphatic carbocycles. The Hall–Kier alpha value is -0.320. The molecular weight excluding hydrogens is 216 g/mol. The summed E-state index contributed by atoms with van der Waals surface area (Å²) >= 11 is 0. The lowest BCUT2D eigenvalue weighted by atomic mass is 10.1. The van der Waals surface area contributed by atoms with Crippen LogP contribution in [0.3, 0.4) is 0 Å². The summed E-state index contributed by atoms with van der Waals surface area (Å²) in [5.41, 5.74) is 5.40. The van der Waals surface area contributed by atoms with E-state index in [2.05, 4.69) is 5.32 Å². The molecule has 1 amide bonds. The van der Waals surface area contributed by atoms with Gasteiger partial charge in [-0.15, -0.1) is 12.4 Å². The van der Waals surface area contributed by atoms with Crippen molar-refractivity contribution in [3.63, 3.8) is 0 Å². The van der Waals surface area contributed by atoms with Crippen LogP contribution >= 0.6 is 12.4 Å². The molecule has 1 atom stereocenters. The van der Waals surface area contributed by atoms with Gasteiger partial charge in [-0.3, -0.25) is 4.79 Å². The first-order valence-corrected chi connectivity index (χ1v) is 5.17. The van der Waals surface area contributed by atoms with E-state index in [0.29, 0.717) is 13.2 Å². The van der Waals surface area contributed by atoms with Crippen LogP contribution in [0.15, 0.2) is 0 Å². The summed E-state index contributed by atoms with van der Waals surface area (Å²) in [6.45, 7) is 4.96. The first-order valence-electron chi connectivity index (χ1n) is 5.17. The molecule has 1 aliphatic rings. The SMILES string of the molecule is CC(C)(N)CNC(=O)C1CCCCO1.Cl. The highest BCUT2D eigenvalue weighted by Crippen LogP contribution is 2.12. The van der Waals surface area contributed by atoms with Crippen LogP contribution in [0.5, 0.6) is 0 Å². The third-order valence-electron chi connectivity index (χ3n) is 2.19. The highest BCUT2D eigenvalue weighted by molar-refractivity contribution is 5.85. The number of carbonyl (C=O) groups excluding carboxylic acids is 1. The van der Waals surface area contributed by atoms with Gasteiger partial charge < -0.3 is 15.8 Å². The van der Waals surface area contributed by atoms with E-state index in [9.17, 15) is 4.79 Å². The molecule has 0 spiro atoms. The molecule has 0 radical (unpaired) electrons. The average molecular weight is 237 g/mol. The molecular formula is C10H21ClN2O2. The molecule has 5 heteroatoms. The van der Waals surface area contributed by atoms with Crippen molar-refractivity contribution >= 4 is 18.3 Å². The van der Waals surface area contributed by atoms with Gasteiger partial charge >= 0.3 is 0 Å². The molecule has 1 saturated heterocycles. The van der Waals surface area contributed by atoms with Crippen LogP contribution in [-0.4, -0.2) is 30.7 Å². The minimum Gasteiger partial charge on any atom is -0.368 e. The molecule has 0 saturated carbocycles. The van der Waals surface area contributed by atoms with Crippen LogP contribution < -0.4 is 11.1 Å². The molecule has 0 bridgehead atoms. The zero-order valence-electron chi connectivity index (χ0n) is 9.41. The number of hydrogen-bond acceptors (Lipinski definition) is 3. The second-order valence-corrected chi connectivity index (χ2v) is 4.56. The Labute approximate surface area is 97.3 Å². The van der Waals surface area contributed by atoms with E-state index in [-0.39, 0.29) is 30.0 Å². The predicted molar refractivity (Wildman–Crippen MR) is 62.1 cm³/mol. The Morgan fingerprint density at radius 2 is 2.20 bits per heavy atom. The third kappa shape index (κ3) is 5.97. The number of nitrogens with one attached hydrogen (secondary N) is 1. The molecule has 1 heterocycles. The maximum absolute atomic E-state index is 11.6. The summed E-state index contributed by atoms with van der Waals surface area (Å²) in [6, 6.07) is 0. The molecule has 1 aliphatic heterocycles. The van der Waals surface area contributed by atoms with Crippen LogP contribution in [0, 0.1) is 0 Å². The number of hydrogen-bond donors (Lipinski definition) is 2. The van der Waals surface area contributed by atoms with Gasteiger partial charge in [0.2, 0.25) is 5.91 Å². The number of halogens is 1. The fourth-order valence-corrected chi connectivity index (χ4v) is 1.38. The van der Waals surface area contributed by atoms with E-state index in [1.807, 2.05) is 13.8 Å². The van der Waals surface area contributed by atoms with Crippen molar-refractivity contribution in [1.82, 2.24) is 5.32 Å². The van der Waals surface area contributed by atoms with Crippen LogP contribution in [0.25, 0.3) is 0 Å². The smallest absolute Gasteiger partial charge is 0.249 e. The van der Waals surface area contributed by atoms with E-state index in [4.69, 9.17) is 10.5 Å². The number of nitrogens with two attached hydrogens (primary N) is 1. The number of carbonyl (C=O) groups is 1. The normalized spacial score (nSPS) is 21.7. The van der Waals surface area contributed by atoms with Gasteiger partial charge in [0.15, 0.2) is 0 Å². The van der Waals surface area contributed by atoms with Crippen LogP contribution in [-0.2, 0) is 9.53 Å². The zero-order chi connectivity index (χ0) is 10.6. The molecule has 3 N–H and O–H groups in total. The summed E-state index contributed by atoms with van der Waals surface area (Å²) in [6.07, 6.45) is 2.71. The van der Waals surface area contributed by atoms with E-state index < -0.39 is 0 Å². The summed E-state index contributed by atoms with van der Waals surface area (Å²) in [7, 11) is 0. The fourth-order valence-electron chi connectivity index (χ4n) is 1.38. The molecule has 0 aromatic carbocycles. The molecule has 90 valence electrons. The van der Waals surface area contributed by atoms with Gasteiger partial charge in [-0.25, -0.2) is 0 Å². The van der Waals surface area contributed by atoms with Crippen molar-refractivity contribution < 1.29 is 9.53 Å². The molecule has 1 unspecified atom stereocenters. The van der Waals surface area contributed by atoms with E-state index in [0.717, 1.165) is 19.3 Å². The van der Waals surface area contributed by atoms with Crippen molar-refractivity contribution in [2.45, 2.75) is 44.8 Å². The molecule has 0 aromatic rings. The Kier molecular flexibility index (Phi) is 6.17. The lowest BCUT2D eigenvalue weighted by Gasteiger charge is -2.24. The zero-order valence-corrected chi connectivity index (χ0v) is 10.2. The summed E-state index contributed by atoms with van der Waals surface area (Å²) in [5.74, 6) is -0.0248. The molecule has 0 aromatic heterocycles. The predicted octanol–water partition coefficient (Wildman–Crippen LogP) is 0.831. The molecule has 1 rings (SSSR count). The van der Waals surface area contributed by atoms with E-state index in [1.54, 1.807) is 0 Å². The third-order valence-corrected chi connectivity index (χ3v) is 2.19. The minimum absolute atomic E-state index is 0. The van der Waals surface area contributed by atoms with Crippen LogP contribution in [0.2, 0.25) is 0 Å². The number of ether oxygens (including phenoxy) is 1. The van der Waals surface area contributed by atoms with Crippen molar-refractivity contribution in [1.29, 1.82) is 0 Å². The highest BCUT2D eigenvalue weighted by Gasteiger charge is 2.22. The van der Waals surface area contributed by atoms with Gasteiger partial charge in [0.05, 0.1) is 0 Å². The Morgan fingerprint density at radius 1 is 1.53 bits per heavy atom. The number of rotatable bonds is 3. The lowest BCUT2D eigenvalue weighted by molar-refractivity contribution is -0.135. The van der Waals surface area contributed by atoms with Gasteiger partial charge in [-0.1, -0.05) is 0 Å². The van der Waals surface area contributed by atoms with Crippen LogP contribution in [0.1, 0.15) is 33.1 Å². The van der Waals surface area contributed by atoms with Crippen LogP contribution in [0.4, 0.5) is 0 Å².